The monoisotopic (exact) mass is 393 g/mol. The summed E-state index contributed by atoms with van der Waals surface area (Å²) < 4.78 is 4.54. The summed E-state index contributed by atoms with van der Waals surface area (Å²) in [7, 11) is 0. The lowest BCUT2D eigenvalue weighted by Crippen LogP contribution is -2.47. The van der Waals surface area contributed by atoms with Crippen molar-refractivity contribution in [1.29, 1.82) is 0 Å². The Morgan fingerprint density at radius 2 is 1.83 bits per heavy atom. The Labute approximate surface area is 168 Å². The summed E-state index contributed by atoms with van der Waals surface area (Å²) in [6, 6.07) is 18.7. The number of pyridine rings is 1. The van der Waals surface area contributed by atoms with Crippen molar-refractivity contribution in [1.82, 2.24) is 15.2 Å². The van der Waals surface area contributed by atoms with Crippen LogP contribution in [0.1, 0.15) is 11.1 Å². The molecule has 0 bridgehead atoms. The second-order valence-corrected chi connectivity index (χ2v) is 6.63. The lowest BCUT2D eigenvalue weighted by Gasteiger charge is -2.27. The highest BCUT2D eigenvalue weighted by molar-refractivity contribution is 5.80. The van der Waals surface area contributed by atoms with Crippen molar-refractivity contribution in [2.75, 3.05) is 19.6 Å². The molecule has 0 aliphatic carbocycles. The van der Waals surface area contributed by atoms with Gasteiger partial charge in [0.05, 0.1) is 6.54 Å². The van der Waals surface area contributed by atoms with Crippen LogP contribution >= 0.6 is 0 Å². The van der Waals surface area contributed by atoms with Crippen LogP contribution in [-0.2, 0) is 27.5 Å². The highest BCUT2D eigenvalue weighted by Gasteiger charge is 2.17. The van der Waals surface area contributed by atoms with E-state index in [0.29, 0.717) is 26.2 Å². The number of aromatic amines is 1. The lowest BCUT2D eigenvalue weighted by atomic mass is 10.1. The van der Waals surface area contributed by atoms with E-state index in [9.17, 15) is 14.4 Å². The van der Waals surface area contributed by atoms with Crippen molar-refractivity contribution in [3.05, 3.63) is 82.1 Å². The molecule has 1 aliphatic rings. The molecule has 0 unspecified atom stereocenters. The van der Waals surface area contributed by atoms with Crippen molar-refractivity contribution < 1.29 is 14.3 Å². The van der Waals surface area contributed by atoms with E-state index in [1.807, 2.05) is 53.4 Å². The van der Waals surface area contributed by atoms with E-state index in [-0.39, 0.29) is 11.5 Å². The smallest absolute Gasteiger partial charge is 0.293 e. The summed E-state index contributed by atoms with van der Waals surface area (Å²) in [5.41, 5.74) is 2.81. The van der Waals surface area contributed by atoms with E-state index >= 15 is 0 Å². The minimum Gasteiger partial charge on any atom is -0.463 e. The van der Waals surface area contributed by atoms with E-state index in [1.54, 1.807) is 6.07 Å². The van der Waals surface area contributed by atoms with Crippen LogP contribution in [0.2, 0.25) is 0 Å². The number of ether oxygens (including phenoxy) is 1. The fraction of sp³-hybridized carbons (Fsp3) is 0.227. The molecule has 0 saturated carbocycles. The molecule has 150 valence electrons. The summed E-state index contributed by atoms with van der Waals surface area (Å²) >= 11 is 0. The average Bonchev–Trinajstić information content (AvgIpc) is 2.75. The third-order valence-electron chi connectivity index (χ3n) is 4.51. The van der Waals surface area contributed by atoms with Gasteiger partial charge in [0.15, 0.2) is 0 Å². The number of H-pyrrole nitrogens is 1. The lowest BCUT2D eigenvalue weighted by molar-refractivity contribution is -0.132. The maximum absolute atomic E-state index is 11.7. The number of fused-ring (bicyclic) bond motifs is 1. The molecule has 7 heteroatoms. The molecule has 1 aliphatic heterocycles. The zero-order chi connectivity index (χ0) is 20.5. The normalized spacial score (nSPS) is 13.5. The molecule has 0 spiro atoms. The number of nitrogens with one attached hydrogen (secondary N) is 2. The second kappa shape index (κ2) is 10.2. The summed E-state index contributed by atoms with van der Waals surface area (Å²) in [6.07, 6.45) is 0. The van der Waals surface area contributed by atoms with Crippen molar-refractivity contribution in [3.63, 3.8) is 0 Å². The van der Waals surface area contributed by atoms with Gasteiger partial charge in [0.2, 0.25) is 11.5 Å². The Bertz CT molecular complexity index is 1020. The Hall–Kier alpha value is -3.45. The summed E-state index contributed by atoms with van der Waals surface area (Å²) in [5, 5.41) is 4.04. The van der Waals surface area contributed by atoms with Crippen LogP contribution < -0.4 is 10.9 Å². The van der Waals surface area contributed by atoms with Crippen molar-refractivity contribution in [3.8, 4) is 0 Å². The zero-order valence-electron chi connectivity index (χ0n) is 16.0. The van der Waals surface area contributed by atoms with Gasteiger partial charge in [0.25, 0.3) is 6.47 Å². The average molecular weight is 393 g/mol. The van der Waals surface area contributed by atoms with Gasteiger partial charge in [-0.3, -0.25) is 14.4 Å². The van der Waals surface area contributed by atoms with E-state index < -0.39 is 0 Å². The summed E-state index contributed by atoms with van der Waals surface area (Å²) in [4.78, 5) is 37.3. The standard InChI is InChI=1S/C14H15N3O2.C8H8O2/c18-13-4-2-11-7-10(1-3-12(11)16-13)9-17-6-5-15-8-14(17)19;9-7-10-6-8-4-2-1-3-5-8/h1-4,7,15H,5-6,8-9H2,(H,16,18);1-5,7H,6H2. The third-order valence-corrected chi connectivity index (χ3v) is 4.51. The van der Waals surface area contributed by atoms with E-state index in [0.717, 1.165) is 35.1 Å². The first-order chi connectivity index (χ1) is 14.2. The Morgan fingerprint density at radius 1 is 1.00 bits per heavy atom. The number of carbonyl (C=O) groups is 2. The highest BCUT2D eigenvalue weighted by Crippen LogP contribution is 2.14. The van der Waals surface area contributed by atoms with Gasteiger partial charge in [0.1, 0.15) is 6.61 Å². The van der Waals surface area contributed by atoms with Gasteiger partial charge in [-0.05, 0) is 34.7 Å². The number of amides is 1. The van der Waals surface area contributed by atoms with Gasteiger partial charge >= 0.3 is 0 Å². The number of carbonyl (C=O) groups excluding carboxylic acids is 2. The minimum absolute atomic E-state index is 0.0995. The summed E-state index contributed by atoms with van der Waals surface area (Å²) in [5.74, 6) is 0.132. The largest absolute Gasteiger partial charge is 0.463 e. The molecule has 2 N–H and O–H groups in total. The predicted molar refractivity (Wildman–Crippen MR) is 110 cm³/mol. The first-order valence-electron chi connectivity index (χ1n) is 9.35. The van der Waals surface area contributed by atoms with E-state index in [4.69, 9.17) is 0 Å². The van der Waals surface area contributed by atoms with Crippen LogP contribution in [0.25, 0.3) is 10.9 Å². The van der Waals surface area contributed by atoms with E-state index in [1.165, 1.54) is 6.07 Å². The van der Waals surface area contributed by atoms with Gasteiger partial charge in [-0.15, -0.1) is 0 Å². The quantitative estimate of drug-likeness (QED) is 0.645. The predicted octanol–water partition coefficient (Wildman–Crippen LogP) is 1.82. The van der Waals surface area contributed by atoms with Crippen LogP contribution in [0.5, 0.6) is 0 Å². The SMILES string of the molecule is O=C1CNCCN1Cc1ccc2[nH]c(=O)ccc2c1.O=COCc1ccccc1. The minimum atomic E-state index is -0.0995. The molecule has 1 aromatic heterocycles. The number of benzene rings is 2. The molecule has 2 aromatic carbocycles. The number of nitrogens with zero attached hydrogens (tertiary/aromatic N) is 1. The van der Waals surface area contributed by atoms with Gasteiger partial charge in [0, 0.05) is 31.2 Å². The molecular weight excluding hydrogens is 370 g/mol. The van der Waals surface area contributed by atoms with Crippen LogP contribution in [0, 0.1) is 0 Å². The molecule has 3 aromatic rings. The Balaban J connectivity index is 0.000000204. The topological polar surface area (TPSA) is 91.5 Å². The third kappa shape index (κ3) is 6.02. The Morgan fingerprint density at radius 3 is 2.59 bits per heavy atom. The second-order valence-electron chi connectivity index (χ2n) is 6.63. The van der Waals surface area contributed by atoms with Crippen LogP contribution in [0.3, 0.4) is 0 Å². The maximum atomic E-state index is 11.7. The van der Waals surface area contributed by atoms with Crippen molar-refractivity contribution in [2.45, 2.75) is 13.2 Å². The van der Waals surface area contributed by atoms with Gasteiger partial charge < -0.3 is 19.9 Å². The van der Waals surface area contributed by atoms with Crippen molar-refractivity contribution >= 4 is 23.3 Å². The van der Waals surface area contributed by atoms with Crippen LogP contribution in [0.15, 0.2) is 65.5 Å². The molecule has 29 heavy (non-hydrogen) atoms. The van der Waals surface area contributed by atoms with Crippen LogP contribution in [-0.4, -0.2) is 41.9 Å². The first kappa shape index (κ1) is 20.3. The number of aromatic nitrogens is 1. The highest BCUT2D eigenvalue weighted by atomic mass is 16.5. The number of rotatable bonds is 5. The Kier molecular flexibility index (Phi) is 7.13. The fourth-order valence-corrected chi connectivity index (χ4v) is 3.04. The van der Waals surface area contributed by atoms with Gasteiger partial charge in [-0.1, -0.05) is 36.4 Å². The molecule has 0 radical (unpaired) electrons. The maximum Gasteiger partial charge on any atom is 0.293 e. The van der Waals surface area contributed by atoms with E-state index in [2.05, 4.69) is 15.0 Å². The molecular formula is C22H23N3O4. The first-order valence-corrected chi connectivity index (χ1v) is 9.35. The van der Waals surface area contributed by atoms with Crippen molar-refractivity contribution in [2.24, 2.45) is 0 Å². The molecule has 1 amide bonds. The summed E-state index contributed by atoms with van der Waals surface area (Å²) in [6.45, 7) is 3.43. The molecule has 1 fully saturated rings. The number of hydrogen-bond donors (Lipinski definition) is 2. The molecule has 2 heterocycles. The zero-order valence-corrected chi connectivity index (χ0v) is 16.0. The molecule has 7 nitrogen and oxygen atoms in total. The van der Waals surface area contributed by atoms with Crippen LogP contribution in [0.4, 0.5) is 0 Å². The van der Waals surface area contributed by atoms with Gasteiger partial charge in [-0.2, -0.15) is 0 Å². The van der Waals surface area contributed by atoms with Gasteiger partial charge in [-0.25, -0.2) is 0 Å². The number of hydrogen-bond acceptors (Lipinski definition) is 5. The molecule has 4 rings (SSSR count). The molecule has 0 atom stereocenters. The number of piperazine rings is 1. The molecule has 1 saturated heterocycles. The fourth-order valence-electron chi connectivity index (χ4n) is 3.04.